The summed E-state index contributed by atoms with van der Waals surface area (Å²) in [6.07, 6.45) is 0.648. The second-order valence-corrected chi connectivity index (χ2v) is 13.9. The predicted octanol–water partition coefficient (Wildman–Crippen LogP) is 8.45. The first-order valence-electron chi connectivity index (χ1n) is 15.6. The molecule has 0 saturated heterocycles. The smallest absolute Gasteiger partial charge is 0.349 e. The van der Waals surface area contributed by atoms with E-state index in [2.05, 4.69) is 51.4 Å². The molecule has 7 heteroatoms. The Morgan fingerprint density at radius 2 is 1.67 bits per heavy atom. The first kappa shape index (κ1) is 33.8. The summed E-state index contributed by atoms with van der Waals surface area (Å²) in [7, 11) is 1.35. The van der Waals surface area contributed by atoms with Crippen molar-refractivity contribution in [2.45, 2.75) is 92.3 Å². The van der Waals surface area contributed by atoms with Gasteiger partial charge < -0.3 is 19.4 Å². The largest absolute Gasteiger partial charge is 0.476 e. The number of amides is 1. The Hall–Kier alpha value is -4.13. The molecule has 0 spiro atoms. The molecule has 4 rings (SSSR count). The van der Waals surface area contributed by atoms with E-state index in [9.17, 15) is 14.0 Å². The van der Waals surface area contributed by atoms with Gasteiger partial charge in [-0.2, -0.15) is 0 Å². The molecule has 0 aliphatic heterocycles. The zero-order valence-corrected chi connectivity index (χ0v) is 28.3. The Balaban J connectivity index is 1.66. The van der Waals surface area contributed by atoms with Crippen LogP contribution in [0.4, 0.5) is 4.39 Å². The van der Waals surface area contributed by atoms with E-state index < -0.39 is 17.6 Å². The van der Waals surface area contributed by atoms with Crippen molar-refractivity contribution in [1.82, 2.24) is 9.88 Å². The zero-order chi connectivity index (χ0) is 33.3. The van der Waals surface area contributed by atoms with Gasteiger partial charge in [-0.1, -0.05) is 65.0 Å². The molecule has 3 aromatic carbocycles. The van der Waals surface area contributed by atoms with Crippen molar-refractivity contribution in [2.75, 3.05) is 7.11 Å². The molecule has 0 unspecified atom stereocenters. The summed E-state index contributed by atoms with van der Waals surface area (Å²) in [5, 5.41) is 4.09. The summed E-state index contributed by atoms with van der Waals surface area (Å²) in [5.74, 6) is -0.0532. The van der Waals surface area contributed by atoms with Crippen molar-refractivity contribution < 1.29 is 23.5 Å². The highest BCUT2D eigenvalue weighted by atomic mass is 19.1. The normalized spacial score (nSPS) is 12.8. The fourth-order valence-electron chi connectivity index (χ4n) is 5.72. The lowest BCUT2D eigenvalue weighted by molar-refractivity contribution is -0.156. The van der Waals surface area contributed by atoms with Crippen LogP contribution in [0, 0.1) is 18.7 Å². The number of esters is 1. The Morgan fingerprint density at radius 3 is 2.31 bits per heavy atom. The first-order chi connectivity index (χ1) is 21.0. The fraction of sp³-hybridized carbons (Fsp3) is 0.421. The van der Waals surface area contributed by atoms with E-state index in [0.29, 0.717) is 29.2 Å². The monoisotopic (exact) mass is 614 g/mol. The Bertz CT molecular complexity index is 1710. The molecule has 4 aromatic rings. The molecule has 0 radical (unpaired) electrons. The van der Waals surface area contributed by atoms with Crippen LogP contribution in [0.5, 0.6) is 5.75 Å². The van der Waals surface area contributed by atoms with Gasteiger partial charge in [0.25, 0.3) is 5.91 Å². The average Bonchev–Trinajstić information content (AvgIpc) is 3.21. The van der Waals surface area contributed by atoms with Crippen LogP contribution in [0.25, 0.3) is 10.9 Å². The minimum atomic E-state index is -1.12. The lowest BCUT2D eigenvalue weighted by Crippen LogP contribution is -2.39. The van der Waals surface area contributed by atoms with Gasteiger partial charge >= 0.3 is 5.97 Å². The molecular weight excluding hydrogens is 567 g/mol. The fourth-order valence-corrected chi connectivity index (χ4v) is 5.72. The number of ether oxygens (including phenoxy) is 2. The van der Waals surface area contributed by atoms with E-state index in [4.69, 9.17) is 9.47 Å². The molecule has 1 N–H and O–H groups in total. The molecule has 0 fully saturated rings. The minimum Gasteiger partial charge on any atom is -0.476 e. The number of hydrogen-bond donors (Lipinski definition) is 1. The van der Waals surface area contributed by atoms with E-state index in [1.807, 2.05) is 55.5 Å². The maximum absolute atomic E-state index is 14.8. The van der Waals surface area contributed by atoms with Crippen LogP contribution in [0.3, 0.4) is 0 Å². The second-order valence-electron chi connectivity index (χ2n) is 13.9. The van der Waals surface area contributed by atoms with Crippen LogP contribution in [0.15, 0.2) is 60.7 Å². The van der Waals surface area contributed by atoms with Gasteiger partial charge in [0.1, 0.15) is 11.6 Å². The molecule has 0 bridgehead atoms. The molecule has 45 heavy (non-hydrogen) atoms. The van der Waals surface area contributed by atoms with Crippen LogP contribution in [-0.4, -0.2) is 29.2 Å². The van der Waals surface area contributed by atoms with Crippen LogP contribution < -0.4 is 10.1 Å². The Labute approximate surface area is 266 Å². The second kappa shape index (κ2) is 13.1. The molecule has 1 atom stereocenters. The van der Waals surface area contributed by atoms with Crippen LogP contribution in [0.1, 0.15) is 99.7 Å². The highest BCUT2D eigenvalue weighted by Gasteiger charge is 2.31. The number of aromatic nitrogens is 1. The highest BCUT2D eigenvalue weighted by Crippen LogP contribution is 2.32. The molecular formula is C38H47FN2O4. The third-order valence-corrected chi connectivity index (χ3v) is 8.27. The zero-order valence-electron chi connectivity index (χ0n) is 28.3. The van der Waals surface area contributed by atoms with Gasteiger partial charge in [0.2, 0.25) is 0 Å². The Kier molecular flexibility index (Phi) is 9.81. The molecule has 0 aliphatic carbocycles. The van der Waals surface area contributed by atoms with Crippen LogP contribution >= 0.6 is 0 Å². The molecule has 1 aromatic heterocycles. The number of nitrogens with one attached hydrogen (secondary N) is 1. The van der Waals surface area contributed by atoms with E-state index in [-0.39, 0.29) is 17.1 Å². The molecule has 1 heterocycles. The summed E-state index contributed by atoms with van der Waals surface area (Å²) in [6, 6.07) is 18.2. The van der Waals surface area contributed by atoms with Gasteiger partial charge in [-0.05, 0) is 92.5 Å². The number of benzene rings is 3. The lowest BCUT2D eigenvalue weighted by Gasteiger charge is -2.23. The molecule has 0 aliphatic rings. The van der Waals surface area contributed by atoms with E-state index in [1.165, 1.54) is 13.2 Å². The highest BCUT2D eigenvalue weighted by molar-refractivity contribution is 5.99. The summed E-state index contributed by atoms with van der Waals surface area (Å²) < 4.78 is 28.0. The third-order valence-electron chi connectivity index (χ3n) is 8.27. The number of nitrogens with zero attached hydrogens (tertiary/aromatic N) is 1. The van der Waals surface area contributed by atoms with Crippen LogP contribution in [0.2, 0.25) is 0 Å². The maximum Gasteiger partial charge on any atom is 0.349 e. The van der Waals surface area contributed by atoms with Crippen LogP contribution in [-0.2, 0) is 27.9 Å². The number of carbonyl (C=O) groups excluding carboxylic acids is 2. The van der Waals surface area contributed by atoms with Crippen molar-refractivity contribution in [2.24, 2.45) is 5.92 Å². The number of halogens is 1. The van der Waals surface area contributed by atoms with Gasteiger partial charge in [-0.3, -0.25) is 4.79 Å². The lowest BCUT2D eigenvalue weighted by atomic mass is 9.85. The topological polar surface area (TPSA) is 69.6 Å². The summed E-state index contributed by atoms with van der Waals surface area (Å²) in [6.45, 7) is 18.7. The van der Waals surface area contributed by atoms with Crippen molar-refractivity contribution in [3.63, 3.8) is 0 Å². The van der Waals surface area contributed by atoms with Gasteiger partial charge in [-0.25, -0.2) is 9.18 Å². The number of fused-ring (bicyclic) bond motifs is 1. The van der Waals surface area contributed by atoms with Gasteiger partial charge in [0, 0.05) is 34.3 Å². The number of hydrogen-bond acceptors (Lipinski definition) is 4. The van der Waals surface area contributed by atoms with Gasteiger partial charge in [-0.15, -0.1) is 0 Å². The van der Waals surface area contributed by atoms with Crippen molar-refractivity contribution >= 4 is 22.8 Å². The average molecular weight is 615 g/mol. The standard InChI is InChI=1S/C38H47FN2O4/c1-23(2)22-41-25(4)32(19-26-12-11-13-29(18-26)45-38(8,9)36(43)44-10)30-16-14-27(20-34(30)41)35(42)40-24(3)31-21-28(37(5,6)7)15-17-33(31)39/h11-18,20-21,23-24H,19,22H2,1-10H3,(H,40,42)/t24-/m0/s1. The van der Waals surface area contributed by atoms with E-state index in [0.717, 1.165) is 39.8 Å². The van der Waals surface area contributed by atoms with Crippen molar-refractivity contribution in [3.8, 4) is 5.75 Å². The summed E-state index contributed by atoms with van der Waals surface area (Å²) in [4.78, 5) is 25.7. The van der Waals surface area contributed by atoms with Gasteiger partial charge in [0.05, 0.1) is 13.2 Å². The van der Waals surface area contributed by atoms with Crippen molar-refractivity contribution in [1.29, 1.82) is 0 Å². The SMILES string of the molecule is COC(=O)C(C)(C)Oc1cccc(Cc2c(C)n(CC(C)C)c3cc(C(=O)N[C@@H](C)c4cc(C(C)(C)C)ccc4F)ccc23)c1. The quantitative estimate of drug-likeness (QED) is 0.182. The summed E-state index contributed by atoms with van der Waals surface area (Å²) in [5.41, 5.74) is 5.07. The third kappa shape index (κ3) is 7.58. The maximum atomic E-state index is 14.8. The van der Waals surface area contributed by atoms with Gasteiger partial charge in [0.15, 0.2) is 5.60 Å². The molecule has 0 saturated carbocycles. The van der Waals surface area contributed by atoms with Crippen molar-refractivity contribution in [3.05, 3.63) is 100.0 Å². The van der Waals surface area contributed by atoms with E-state index in [1.54, 1.807) is 19.9 Å². The molecule has 6 nitrogen and oxygen atoms in total. The number of rotatable bonds is 10. The van der Waals surface area contributed by atoms with E-state index >= 15 is 0 Å². The number of methoxy groups -OCH3 is 1. The Morgan fingerprint density at radius 1 is 0.956 bits per heavy atom. The molecule has 1 amide bonds. The number of carbonyl (C=O) groups is 2. The molecule has 240 valence electrons. The predicted molar refractivity (Wildman–Crippen MR) is 178 cm³/mol. The minimum absolute atomic E-state index is 0.136. The first-order valence-corrected chi connectivity index (χ1v) is 15.6. The summed E-state index contributed by atoms with van der Waals surface area (Å²) >= 11 is 0.